The molecule has 0 radical (unpaired) electrons. The largest absolute Gasteiger partial charge is 0.506 e. The van der Waals surface area contributed by atoms with Gasteiger partial charge in [-0.25, -0.2) is 4.79 Å². The van der Waals surface area contributed by atoms with Gasteiger partial charge in [0.05, 0.1) is 23.9 Å². The molecule has 5 N–H and O–H groups in total. The summed E-state index contributed by atoms with van der Waals surface area (Å²) in [5, 5.41) is 28.0. The fourth-order valence-corrected chi connectivity index (χ4v) is 7.42. The maximum absolute atomic E-state index is 13.1. The maximum Gasteiger partial charge on any atom is 0.411 e. The third-order valence-electron chi connectivity index (χ3n) is 10.2. The Morgan fingerprint density at radius 1 is 0.907 bits per heavy atom. The molecule has 4 aromatic carbocycles. The molecule has 1 amide bonds. The van der Waals surface area contributed by atoms with E-state index in [-0.39, 0.29) is 39.5 Å². The molecule has 0 spiro atoms. The van der Waals surface area contributed by atoms with Crippen LogP contribution in [0, 0.1) is 5.92 Å². The van der Waals surface area contributed by atoms with E-state index in [1.165, 1.54) is 12.1 Å². The van der Waals surface area contributed by atoms with Gasteiger partial charge < -0.3 is 30.0 Å². The van der Waals surface area contributed by atoms with E-state index in [2.05, 4.69) is 50.8 Å². The van der Waals surface area contributed by atoms with Crippen LogP contribution in [0.25, 0.3) is 22.0 Å². The Morgan fingerprint density at radius 2 is 1.72 bits per heavy atom. The van der Waals surface area contributed by atoms with Crippen molar-refractivity contribution in [3.63, 3.8) is 0 Å². The number of anilines is 1. The predicted octanol–water partition coefficient (Wildman–Crippen LogP) is 7.07. The molecule has 1 aromatic heterocycles. The standard InChI is InChI=1S/C42H46N4O6.2FH/c47-37-16-14-34(35-15-17-40(49)45-41(35)37)38(48)26-43-25-29-8-6-11-32(23-29)51-22-5-4-7-28-12-13-33(30-9-2-1-3-10-30)36(24-28)44-42(50)52-39-27-46-20-18-31(39)19-21-46;;/h1-3,6,8-17,23-24,31,38-39,43,47-48H,4-5,7,18-22,25-27H2,(H,44,50)(H,45,49);2*1H/t38-,39-;;/m0../s1. The minimum atomic E-state index is -0.835. The van der Waals surface area contributed by atoms with Gasteiger partial charge in [0.1, 0.15) is 17.6 Å². The van der Waals surface area contributed by atoms with Crippen molar-refractivity contribution in [1.82, 2.24) is 15.2 Å². The van der Waals surface area contributed by atoms with E-state index in [0.717, 1.165) is 85.4 Å². The first-order valence-electron chi connectivity index (χ1n) is 18.2. The van der Waals surface area contributed by atoms with Gasteiger partial charge in [-0.1, -0.05) is 60.7 Å². The van der Waals surface area contributed by atoms with Crippen LogP contribution in [-0.4, -0.2) is 65.1 Å². The molecule has 4 heterocycles. The molecule has 10 nitrogen and oxygen atoms in total. The van der Waals surface area contributed by atoms with Crippen LogP contribution in [0.2, 0.25) is 0 Å². The number of halogens is 2. The fourth-order valence-electron chi connectivity index (χ4n) is 7.42. The number of aliphatic hydroxyl groups is 1. The summed E-state index contributed by atoms with van der Waals surface area (Å²) < 4.78 is 12.0. The normalized spacial score (nSPS) is 17.9. The van der Waals surface area contributed by atoms with Gasteiger partial charge in [-0.3, -0.25) is 24.4 Å². The highest BCUT2D eigenvalue weighted by atomic mass is 19.0. The van der Waals surface area contributed by atoms with Gasteiger partial charge in [0.2, 0.25) is 5.56 Å². The number of pyridine rings is 1. The van der Waals surface area contributed by atoms with Crippen molar-refractivity contribution in [2.45, 2.75) is 50.9 Å². The first-order valence-corrected chi connectivity index (χ1v) is 18.2. The second-order valence-corrected chi connectivity index (χ2v) is 13.8. The van der Waals surface area contributed by atoms with Crippen LogP contribution in [0.15, 0.2) is 102 Å². The predicted molar refractivity (Wildman–Crippen MR) is 208 cm³/mol. The molecule has 2 atom stereocenters. The third kappa shape index (κ3) is 9.81. The summed E-state index contributed by atoms with van der Waals surface area (Å²) in [6.45, 7) is 4.41. The Labute approximate surface area is 312 Å². The number of ether oxygens (including phenoxy) is 2. The van der Waals surface area contributed by atoms with Crippen LogP contribution in [0.3, 0.4) is 0 Å². The van der Waals surface area contributed by atoms with Crippen LogP contribution in [0.5, 0.6) is 11.5 Å². The molecule has 286 valence electrons. The number of rotatable bonds is 14. The van der Waals surface area contributed by atoms with E-state index in [9.17, 15) is 19.8 Å². The van der Waals surface area contributed by atoms with E-state index >= 15 is 0 Å². The maximum atomic E-state index is 13.1. The lowest BCUT2D eigenvalue weighted by atomic mass is 9.86. The monoisotopic (exact) mass is 742 g/mol. The molecule has 12 heteroatoms. The number of carbonyl (C=O) groups excluding carboxylic acids is 1. The van der Waals surface area contributed by atoms with Gasteiger partial charge in [-0.15, -0.1) is 0 Å². The lowest BCUT2D eigenvalue weighted by Gasteiger charge is -2.43. The molecule has 3 aliphatic heterocycles. The van der Waals surface area contributed by atoms with E-state index in [4.69, 9.17) is 9.47 Å². The molecule has 3 aliphatic rings. The number of H-pyrrole nitrogens is 1. The van der Waals surface area contributed by atoms with Gasteiger partial charge in [-0.2, -0.15) is 0 Å². The number of aromatic amines is 1. The van der Waals surface area contributed by atoms with Crippen molar-refractivity contribution in [2.24, 2.45) is 5.92 Å². The van der Waals surface area contributed by atoms with Crippen LogP contribution in [0.4, 0.5) is 19.9 Å². The minimum Gasteiger partial charge on any atom is -0.506 e. The minimum absolute atomic E-state index is 0. The van der Waals surface area contributed by atoms with Crippen molar-refractivity contribution < 1.29 is 33.9 Å². The van der Waals surface area contributed by atoms with Gasteiger partial charge in [0.15, 0.2) is 0 Å². The average molecular weight is 743 g/mol. The van der Waals surface area contributed by atoms with E-state index in [0.29, 0.717) is 35.5 Å². The van der Waals surface area contributed by atoms with Crippen molar-refractivity contribution >= 4 is 22.7 Å². The van der Waals surface area contributed by atoms with Crippen LogP contribution in [-0.2, 0) is 17.7 Å². The number of unbranched alkanes of at least 4 members (excludes halogenated alkanes) is 1. The average Bonchev–Trinajstić information content (AvgIpc) is 3.16. The van der Waals surface area contributed by atoms with E-state index in [1.807, 2.05) is 42.5 Å². The Bertz CT molecular complexity index is 2050. The Hall–Kier alpha value is -5.30. The number of aryl methyl sites for hydroxylation is 1. The van der Waals surface area contributed by atoms with Crippen LogP contribution >= 0.6 is 0 Å². The second kappa shape index (κ2) is 18.6. The quantitative estimate of drug-likeness (QED) is 0.0763. The number of benzene rings is 4. The number of aromatic nitrogens is 1. The number of nitrogens with one attached hydrogen (secondary N) is 3. The number of hydrogen-bond acceptors (Lipinski definition) is 8. The Morgan fingerprint density at radius 3 is 2.50 bits per heavy atom. The first kappa shape index (κ1) is 39.9. The molecule has 3 saturated heterocycles. The zero-order valence-electron chi connectivity index (χ0n) is 30.0. The molecule has 0 saturated carbocycles. The smallest absolute Gasteiger partial charge is 0.411 e. The molecule has 2 bridgehead atoms. The van der Waals surface area contributed by atoms with Crippen molar-refractivity contribution in [3.8, 4) is 22.6 Å². The number of hydrogen-bond donors (Lipinski definition) is 5. The molecule has 0 unspecified atom stereocenters. The zero-order valence-corrected chi connectivity index (χ0v) is 30.0. The van der Waals surface area contributed by atoms with Crippen molar-refractivity contribution in [2.75, 3.05) is 38.1 Å². The molecule has 0 aliphatic carbocycles. The summed E-state index contributed by atoms with van der Waals surface area (Å²) in [6.07, 6.45) is 3.54. The van der Waals surface area contributed by atoms with Gasteiger partial charge in [0.25, 0.3) is 0 Å². The zero-order chi connectivity index (χ0) is 35.9. The van der Waals surface area contributed by atoms with Crippen LogP contribution in [0.1, 0.15) is 48.5 Å². The van der Waals surface area contributed by atoms with Gasteiger partial charge >= 0.3 is 6.09 Å². The number of amides is 1. The summed E-state index contributed by atoms with van der Waals surface area (Å²) in [7, 11) is 0. The topological polar surface area (TPSA) is 136 Å². The first-order chi connectivity index (χ1) is 25.4. The lowest BCUT2D eigenvalue weighted by Crippen LogP contribution is -2.52. The molecular formula is C42H48F2N4O6. The van der Waals surface area contributed by atoms with Crippen molar-refractivity contribution in [3.05, 3.63) is 124 Å². The van der Waals surface area contributed by atoms with Gasteiger partial charge in [0, 0.05) is 36.7 Å². The van der Waals surface area contributed by atoms with Crippen molar-refractivity contribution in [1.29, 1.82) is 0 Å². The second-order valence-electron chi connectivity index (χ2n) is 13.8. The van der Waals surface area contributed by atoms with Gasteiger partial charge in [-0.05, 0) is 104 Å². The fraction of sp³-hybridized carbons (Fsp3) is 0.333. The number of aromatic hydroxyl groups is 1. The Balaban J connectivity index is 0.00000280. The lowest BCUT2D eigenvalue weighted by molar-refractivity contribution is -0.0289. The summed E-state index contributed by atoms with van der Waals surface area (Å²) in [4.78, 5) is 29.9. The highest BCUT2D eigenvalue weighted by Gasteiger charge is 2.36. The number of fused-ring (bicyclic) bond motifs is 4. The number of carbonyl (C=O) groups is 1. The highest BCUT2D eigenvalue weighted by Crippen LogP contribution is 2.33. The molecule has 54 heavy (non-hydrogen) atoms. The third-order valence-corrected chi connectivity index (χ3v) is 10.2. The number of nitrogens with zero attached hydrogens (tertiary/aromatic N) is 1. The van der Waals surface area contributed by atoms with E-state index < -0.39 is 6.10 Å². The molecular weight excluding hydrogens is 694 g/mol. The number of phenols is 1. The van der Waals surface area contributed by atoms with E-state index in [1.54, 1.807) is 12.1 Å². The highest BCUT2D eigenvalue weighted by molar-refractivity contribution is 5.92. The molecule has 3 fully saturated rings. The molecule has 8 rings (SSSR count). The Kier molecular flexibility index (Phi) is 13.8. The summed E-state index contributed by atoms with van der Waals surface area (Å²) in [5.41, 5.74) is 5.55. The number of piperidine rings is 3. The number of phenolic OH excluding ortho intramolecular Hbond substituents is 1. The summed E-state index contributed by atoms with van der Waals surface area (Å²) in [6, 6.07) is 30.4. The summed E-state index contributed by atoms with van der Waals surface area (Å²) >= 11 is 0. The summed E-state index contributed by atoms with van der Waals surface area (Å²) in [5.74, 6) is 1.20. The molecule has 5 aromatic rings. The SMILES string of the molecule is F.F.O=C(Nc1cc(CCCCOc2cccc(CNC[C@H](O)c3ccc(O)c4[nH]c(=O)ccc34)c2)ccc1-c1ccccc1)O[C@H]1CN2CCC1CC2. The number of aliphatic hydroxyl groups excluding tert-OH is 1. The van der Waals surface area contributed by atoms with Crippen LogP contribution < -0.4 is 20.9 Å².